The van der Waals surface area contributed by atoms with E-state index in [1.165, 1.54) is 46.6 Å². The smallest absolute Gasteiger partial charge is 0.341 e. The van der Waals surface area contributed by atoms with E-state index in [9.17, 15) is 18.8 Å². The minimum Gasteiger partial charge on any atom is -0.462 e. The number of anilines is 1. The van der Waals surface area contributed by atoms with Crippen LogP contribution in [0.15, 0.2) is 46.9 Å². The molecule has 1 unspecified atom stereocenters. The van der Waals surface area contributed by atoms with Gasteiger partial charge >= 0.3 is 5.97 Å². The lowest BCUT2D eigenvalue weighted by atomic mass is 9.95. The van der Waals surface area contributed by atoms with Crippen LogP contribution in [0.4, 0.5) is 9.39 Å². The number of fused-ring (bicyclic) bond motifs is 1. The Morgan fingerprint density at radius 1 is 1.15 bits per heavy atom. The minimum absolute atomic E-state index is 0.0753. The van der Waals surface area contributed by atoms with Gasteiger partial charge in [0.1, 0.15) is 10.8 Å². The first kappa shape index (κ1) is 29.0. The zero-order chi connectivity index (χ0) is 28.9. The molecule has 0 bridgehead atoms. The third kappa shape index (κ3) is 6.52. The highest BCUT2D eigenvalue weighted by molar-refractivity contribution is 8.00. The van der Waals surface area contributed by atoms with Crippen LogP contribution in [-0.4, -0.2) is 44.4 Å². The summed E-state index contributed by atoms with van der Waals surface area (Å²) < 4.78 is 20.7. The molecule has 3 heterocycles. The van der Waals surface area contributed by atoms with E-state index in [2.05, 4.69) is 20.8 Å². The maximum absolute atomic E-state index is 13.7. The zero-order valence-corrected chi connectivity index (χ0v) is 24.9. The molecule has 2 amide bonds. The normalized spacial score (nSPS) is 13.3. The molecule has 1 aliphatic rings. The van der Waals surface area contributed by atoms with E-state index in [1.54, 1.807) is 42.7 Å². The molecule has 0 saturated heterocycles. The number of aryl methyl sites for hydroxylation is 1. The summed E-state index contributed by atoms with van der Waals surface area (Å²) >= 11 is 3.93. The fourth-order valence-corrected chi connectivity index (χ4v) is 7.30. The Hall–Kier alpha value is -3.55. The van der Waals surface area contributed by atoms with E-state index in [4.69, 9.17) is 4.74 Å². The fraction of sp³-hybridized carbons (Fsp3) is 0.321. The Bertz CT molecular complexity index is 1550. The van der Waals surface area contributed by atoms with Crippen molar-refractivity contribution >= 4 is 57.2 Å². The summed E-state index contributed by atoms with van der Waals surface area (Å²) in [6.45, 7) is 3.82. The van der Waals surface area contributed by atoms with Gasteiger partial charge in [-0.3, -0.25) is 14.2 Å². The molecule has 1 atom stereocenters. The van der Waals surface area contributed by atoms with E-state index >= 15 is 0 Å². The van der Waals surface area contributed by atoms with Gasteiger partial charge in [0.25, 0.3) is 5.91 Å². The predicted molar refractivity (Wildman–Crippen MR) is 158 cm³/mol. The molecule has 3 aromatic heterocycles. The van der Waals surface area contributed by atoms with Gasteiger partial charge in [-0.15, -0.1) is 32.9 Å². The standard InChI is InChI=1S/C28H28FN5O4S3/c1-3-38-27(37)23-19-7-4-5-8-20(19)41-26(23)31-24(35)16(2)40-28-33-32-22(15-30-25(36)21-9-6-14-39-21)34(28)18-12-10-17(29)11-13-18/h6,9-14,16H,3-5,7-8,15H2,1-2H3,(H,30,36)(H,31,35). The van der Waals surface area contributed by atoms with Gasteiger partial charge in [-0.05, 0) is 80.8 Å². The first-order valence-corrected chi connectivity index (χ1v) is 15.7. The predicted octanol–water partition coefficient (Wildman–Crippen LogP) is 5.63. The van der Waals surface area contributed by atoms with Crippen LogP contribution >= 0.6 is 34.4 Å². The maximum atomic E-state index is 13.7. The Kier molecular flexibility index (Phi) is 9.15. The van der Waals surface area contributed by atoms with Gasteiger partial charge in [0.2, 0.25) is 5.91 Å². The van der Waals surface area contributed by atoms with Gasteiger partial charge in [-0.25, -0.2) is 9.18 Å². The van der Waals surface area contributed by atoms with E-state index in [1.807, 2.05) is 5.38 Å². The fourth-order valence-electron chi connectivity index (χ4n) is 4.49. The summed E-state index contributed by atoms with van der Waals surface area (Å²) in [5.41, 5.74) is 2.01. The molecular formula is C28H28FN5O4S3. The van der Waals surface area contributed by atoms with Crippen molar-refractivity contribution in [1.82, 2.24) is 20.1 Å². The van der Waals surface area contributed by atoms with E-state index < -0.39 is 17.0 Å². The van der Waals surface area contributed by atoms with Crippen molar-refractivity contribution in [3.05, 3.63) is 74.3 Å². The molecule has 2 N–H and O–H groups in total. The minimum atomic E-state index is -0.624. The highest BCUT2D eigenvalue weighted by Gasteiger charge is 2.29. The lowest BCUT2D eigenvalue weighted by molar-refractivity contribution is -0.115. The largest absolute Gasteiger partial charge is 0.462 e. The number of amides is 2. The Morgan fingerprint density at radius 3 is 2.66 bits per heavy atom. The van der Waals surface area contributed by atoms with Crippen molar-refractivity contribution in [2.45, 2.75) is 56.5 Å². The Balaban J connectivity index is 1.36. The second-order valence-electron chi connectivity index (χ2n) is 9.26. The number of esters is 1. The van der Waals surface area contributed by atoms with Gasteiger partial charge < -0.3 is 15.4 Å². The average Bonchev–Trinajstić information content (AvgIpc) is 3.71. The molecule has 4 aromatic rings. The van der Waals surface area contributed by atoms with E-state index in [0.717, 1.165) is 36.1 Å². The van der Waals surface area contributed by atoms with Crippen molar-refractivity contribution < 1.29 is 23.5 Å². The summed E-state index contributed by atoms with van der Waals surface area (Å²) in [7, 11) is 0. The maximum Gasteiger partial charge on any atom is 0.341 e. The molecule has 214 valence electrons. The molecule has 1 aliphatic carbocycles. The third-order valence-corrected chi connectivity index (χ3v) is 9.59. The van der Waals surface area contributed by atoms with Crippen molar-refractivity contribution in [1.29, 1.82) is 0 Å². The number of carbonyl (C=O) groups is 3. The molecule has 0 fully saturated rings. The monoisotopic (exact) mass is 613 g/mol. The number of aromatic nitrogens is 3. The lowest BCUT2D eigenvalue weighted by Crippen LogP contribution is -2.25. The van der Waals surface area contributed by atoms with Crippen molar-refractivity contribution in [2.24, 2.45) is 0 Å². The molecular weight excluding hydrogens is 586 g/mol. The number of nitrogens with one attached hydrogen (secondary N) is 2. The summed E-state index contributed by atoms with van der Waals surface area (Å²) in [5.74, 6) is -0.945. The molecule has 41 heavy (non-hydrogen) atoms. The number of halogens is 1. The summed E-state index contributed by atoms with van der Waals surface area (Å²) in [6, 6.07) is 9.33. The van der Waals surface area contributed by atoms with Gasteiger partial charge in [0, 0.05) is 10.6 Å². The average molecular weight is 614 g/mol. The molecule has 9 nitrogen and oxygen atoms in total. The first-order valence-electron chi connectivity index (χ1n) is 13.2. The lowest BCUT2D eigenvalue weighted by Gasteiger charge is -2.15. The van der Waals surface area contributed by atoms with Crippen molar-refractivity contribution in [2.75, 3.05) is 11.9 Å². The summed E-state index contributed by atoms with van der Waals surface area (Å²) in [5, 5.41) is 16.4. The van der Waals surface area contributed by atoms with Crippen LogP contribution in [0.2, 0.25) is 0 Å². The molecule has 0 spiro atoms. The van der Waals surface area contributed by atoms with E-state index in [-0.39, 0.29) is 25.0 Å². The van der Waals surface area contributed by atoms with Crippen LogP contribution in [0, 0.1) is 5.82 Å². The number of thiophene rings is 2. The van der Waals surface area contributed by atoms with Crippen LogP contribution in [0.1, 0.15) is 63.0 Å². The number of nitrogens with zero attached hydrogens (tertiary/aromatic N) is 3. The van der Waals surface area contributed by atoms with Crippen LogP contribution < -0.4 is 10.6 Å². The highest BCUT2D eigenvalue weighted by atomic mass is 32.2. The van der Waals surface area contributed by atoms with Crippen LogP contribution in [-0.2, 0) is 28.9 Å². The van der Waals surface area contributed by atoms with Crippen LogP contribution in [0.3, 0.4) is 0 Å². The molecule has 0 radical (unpaired) electrons. The second kappa shape index (κ2) is 13.0. The van der Waals surface area contributed by atoms with Crippen molar-refractivity contribution in [3.63, 3.8) is 0 Å². The zero-order valence-electron chi connectivity index (χ0n) is 22.4. The summed E-state index contributed by atoms with van der Waals surface area (Å²) in [6.07, 6.45) is 3.70. The number of rotatable bonds is 10. The number of benzene rings is 1. The Morgan fingerprint density at radius 2 is 1.93 bits per heavy atom. The quantitative estimate of drug-likeness (QED) is 0.176. The second-order valence-corrected chi connectivity index (χ2v) is 12.6. The van der Waals surface area contributed by atoms with Gasteiger partial charge in [-0.1, -0.05) is 17.8 Å². The third-order valence-electron chi connectivity index (χ3n) is 6.48. The molecule has 5 rings (SSSR count). The molecule has 0 saturated carbocycles. The number of hydrogen-bond acceptors (Lipinski definition) is 9. The Labute approximate surface area is 248 Å². The number of hydrogen-bond donors (Lipinski definition) is 2. The number of thioether (sulfide) groups is 1. The van der Waals surface area contributed by atoms with Crippen LogP contribution in [0.5, 0.6) is 0 Å². The van der Waals surface area contributed by atoms with E-state index in [0.29, 0.717) is 32.1 Å². The van der Waals surface area contributed by atoms with Gasteiger partial charge in [-0.2, -0.15) is 0 Å². The molecule has 13 heteroatoms. The van der Waals surface area contributed by atoms with Crippen molar-refractivity contribution in [3.8, 4) is 5.69 Å². The highest BCUT2D eigenvalue weighted by Crippen LogP contribution is 2.39. The number of carbonyl (C=O) groups excluding carboxylic acids is 3. The summed E-state index contributed by atoms with van der Waals surface area (Å²) in [4.78, 5) is 40.4. The number of ether oxygens (including phenoxy) is 1. The molecule has 1 aromatic carbocycles. The van der Waals surface area contributed by atoms with Gasteiger partial charge in [0.05, 0.1) is 28.8 Å². The first-order chi connectivity index (χ1) is 19.9. The molecule has 0 aliphatic heterocycles. The van der Waals surface area contributed by atoms with Gasteiger partial charge in [0.15, 0.2) is 11.0 Å². The SMILES string of the molecule is CCOC(=O)c1c(NC(=O)C(C)Sc2nnc(CNC(=O)c3cccs3)n2-c2ccc(F)cc2)sc2c1CCCC2. The van der Waals surface area contributed by atoms with Crippen LogP contribution in [0.25, 0.3) is 5.69 Å². The topological polar surface area (TPSA) is 115 Å².